The molecule has 0 spiro atoms. The first-order chi connectivity index (χ1) is 7.86. The van der Waals surface area contributed by atoms with Crippen LogP contribution < -0.4 is 5.32 Å². The molecule has 0 heterocycles. The van der Waals surface area contributed by atoms with Crippen molar-refractivity contribution in [2.45, 2.75) is 38.9 Å². The molecule has 0 aliphatic carbocycles. The second-order valence-electron chi connectivity index (χ2n) is 3.88. The van der Waals surface area contributed by atoms with E-state index in [2.05, 4.69) is 21.2 Å². The van der Waals surface area contributed by atoms with Crippen molar-refractivity contribution in [1.82, 2.24) is 0 Å². The zero-order valence-corrected chi connectivity index (χ0v) is 11.3. The van der Waals surface area contributed by atoms with Gasteiger partial charge in [-0.25, -0.2) is 0 Å². The third-order valence-electron chi connectivity index (χ3n) is 2.58. The Morgan fingerprint density at radius 1 is 1.18 bits per heavy atom. The van der Waals surface area contributed by atoms with Crippen LogP contribution in [0.5, 0.6) is 0 Å². The molecule has 0 aliphatic rings. The van der Waals surface area contributed by atoms with Crippen LogP contribution in [0.1, 0.15) is 32.3 Å². The summed E-state index contributed by atoms with van der Waals surface area (Å²) in [6.07, 6.45) is -2.55. The van der Waals surface area contributed by atoms with E-state index >= 15 is 0 Å². The molecule has 0 bridgehead atoms. The monoisotopic (exact) mass is 309 g/mol. The van der Waals surface area contributed by atoms with Crippen LogP contribution in [0.15, 0.2) is 22.7 Å². The van der Waals surface area contributed by atoms with E-state index in [0.717, 1.165) is 25.0 Å². The molecule has 1 aromatic rings. The van der Waals surface area contributed by atoms with E-state index in [9.17, 15) is 13.2 Å². The maximum atomic E-state index is 12.6. The third kappa shape index (κ3) is 4.22. The second kappa shape index (κ2) is 5.76. The predicted molar refractivity (Wildman–Crippen MR) is 67.1 cm³/mol. The van der Waals surface area contributed by atoms with Crippen LogP contribution in [0.3, 0.4) is 0 Å². The molecule has 0 fully saturated rings. The summed E-state index contributed by atoms with van der Waals surface area (Å²) in [7, 11) is 0. The molecule has 5 heteroatoms. The highest BCUT2D eigenvalue weighted by Crippen LogP contribution is 2.33. The van der Waals surface area contributed by atoms with Gasteiger partial charge in [0.25, 0.3) is 0 Å². The lowest BCUT2D eigenvalue weighted by atomic mass is 10.1. The van der Waals surface area contributed by atoms with Gasteiger partial charge in [0.15, 0.2) is 0 Å². The zero-order valence-electron chi connectivity index (χ0n) is 9.74. The van der Waals surface area contributed by atoms with E-state index in [1.807, 2.05) is 13.8 Å². The summed E-state index contributed by atoms with van der Waals surface area (Å²) in [5.41, 5.74) is -0.138. The first kappa shape index (κ1) is 14.4. The molecular weight excluding hydrogens is 295 g/mol. The third-order valence-corrected chi connectivity index (χ3v) is 3.04. The summed E-state index contributed by atoms with van der Waals surface area (Å²) >= 11 is 3.10. The van der Waals surface area contributed by atoms with Gasteiger partial charge in [-0.05, 0) is 31.0 Å². The molecule has 1 N–H and O–H groups in total. The molecule has 1 nitrogen and oxygen atoms in total. The number of rotatable bonds is 4. The lowest BCUT2D eigenvalue weighted by Gasteiger charge is -2.18. The molecule has 0 aromatic heterocycles. The van der Waals surface area contributed by atoms with Gasteiger partial charge in [-0.3, -0.25) is 0 Å². The Morgan fingerprint density at radius 2 is 1.76 bits per heavy atom. The summed E-state index contributed by atoms with van der Waals surface area (Å²) in [5, 5.41) is 3.10. The Bertz CT molecular complexity index is 373. The van der Waals surface area contributed by atoms with Gasteiger partial charge in [0.1, 0.15) is 0 Å². The molecule has 0 radical (unpaired) electrons. The average molecular weight is 310 g/mol. The first-order valence-electron chi connectivity index (χ1n) is 5.51. The highest BCUT2D eigenvalue weighted by molar-refractivity contribution is 9.10. The maximum Gasteiger partial charge on any atom is 0.416 e. The van der Waals surface area contributed by atoms with Gasteiger partial charge >= 0.3 is 6.18 Å². The molecule has 1 rings (SSSR count). The Kier molecular flexibility index (Phi) is 4.86. The predicted octanol–water partition coefficient (Wildman–Crippen LogP) is 5.07. The quantitative estimate of drug-likeness (QED) is 0.819. The van der Waals surface area contributed by atoms with Gasteiger partial charge < -0.3 is 5.32 Å². The zero-order chi connectivity index (χ0) is 13.1. The normalized spacial score (nSPS) is 11.9. The number of hydrogen-bond acceptors (Lipinski definition) is 1. The minimum atomic E-state index is -4.31. The van der Waals surface area contributed by atoms with Gasteiger partial charge in [0, 0.05) is 16.2 Å². The second-order valence-corrected chi connectivity index (χ2v) is 4.80. The number of anilines is 1. The summed E-state index contributed by atoms with van der Waals surface area (Å²) in [5.74, 6) is 0. The van der Waals surface area contributed by atoms with E-state index in [1.54, 1.807) is 6.07 Å². The molecule has 0 amide bonds. The Balaban J connectivity index is 2.97. The van der Waals surface area contributed by atoms with Crippen molar-refractivity contribution in [3.05, 3.63) is 28.2 Å². The van der Waals surface area contributed by atoms with Crippen molar-refractivity contribution in [3.8, 4) is 0 Å². The van der Waals surface area contributed by atoms with Crippen LogP contribution in [0, 0.1) is 0 Å². The number of halogens is 4. The molecule has 0 aliphatic heterocycles. The lowest BCUT2D eigenvalue weighted by molar-refractivity contribution is -0.137. The minimum absolute atomic E-state index is 0.199. The molecule has 0 saturated carbocycles. The minimum Gasteiger partial charge on any atom is -0.382 e. The topological polar surface area (TPSA) is 12.0 Å². The Morgan fingerprint density at radius 3 is 2.24 bits per heavy atom. The smallest absolute Gasteiger partial charge is 0.382 e. The fourth-order valence-electron chi connectivity index (χ4n) is 1.57. The average Bonchev–Trinajstić information content (AvgIpc) is 2.24. The summed E-state index contributed by atoms with van der Waals surface area (Å²) in [4.78, 5) is 0. The Labute approximate surface area is 108 Å². The van der Waals surface area contributed by atoms with Crippen molar-refractivity contribution in [2.75, 3.05) is 5.32 Å². The molecule has 0 atom stereocenters. The molecule has 0 unspecified atom stereocenters. The SMILES string of the molecule is CCC(CC)Nc1cc(Br)cc(C(F)(F)F)c1. The summed E-state index contributed by atoms with van der Waals surface area (Å²) < 4.78 is 38.2. The largest absolute Gasteiger partial charge is 0.416 e. The number of benzene rings is 1. The van der Waals surface area contributed by atoms with E-state index in [4.69, 9.17) is 0 Å². The fraction of sp³-hybridized carbons (Fsp3) is 0.500. The van der Waals surface area contributed by atoms with Gasteiger partial charge in [0.2, 0.25) is 0 Å². The van der Waals surface area contributed by atoms with Crippen LogP contribution in [-0.2, 0) is 6.18 Å². The summed E-state index contributed by atoms with van der Waals surface area (Å²) in [6, 6.07) is 4.08. The van der Waals surface area contributed by atoms with E-state index in [1.165, 1.54) is 0 Å². The number of nitrogens with one attached hydrogen (secondary N) is 1. The van der Waals surface area contributed by atoms with E-state index < -0.39 is 11.7 Å². The van der Waals surface area contributed by atoms with Crippen LogP contribution >= 0.6 is 15.9 Å². The molecule has 17 heavy (non-hydrogen) atoms. The van der Waals surface area contributed by atoms with Crippen LogP contribution in [0.25, 0.3) is 0 Å². The molecule has 1 aromatic carbocycles. The van der Waals surface area contributed by atoms with Crippen LogP contribution in [0.4, 0.5) is 18.9 Å². The van der Waals surface area contributed by atoms with Crippen molar-refractivity contribution in [3.63, 3.8) is 0 Å². The highest BCUT2D eigenvalue weighted by Gasteiger charge is 2.31. The number of alkyl halides is 3. The molecule has 0 saturated heterocycles. The van der Waals surface area contributed by atoms with Crippen LogP contribution in [-0.4, -0.2) is 6.04 Å². The van der Waals surface area contributed by atoms with Gasteiger partial charge in [0.05, 0.1) is 5.56 Å². The van der Waals surface area contributed by atoms with E-state index in [-0.39, 0.29) is 6.04 Å². The Hall–Kier alpha value is -0.710. The van der Waals surface area contributed by atoms with Crippen LogP contribution in [0.2, 0.25) is 0 Å². The maximum absolute atomic E-state index is 12.6. The van der Waals surface area contributed by atoms with Crippen molar-refractivity contribution in [1.29, 1.82) is 0 Å². The molecule has 96 valence electrons. The standard InChI is InChI=1S/C12H15BrF3N/c1-3-10(4-2)17-11-6-8(12(14,15)16)5-9(13)7-11/h5-7,10,17H,3-4H2,1-2H3. The number of hydrogen-bond donors (Lipinski definition) is 1. The van der Waals surface area contributed by atoms with E-state index in [0.29, 0.717) is 10.2 Å². The molecular formula is C12H15BrF3N. The van der Waals surface area contributed by atoms with Crippen molar-refractivity contribution < 1.29 is 13.2 Å². The van der Waals surface area contributed by atoms with Gasteiger partial charge in [-0.2, -0.15) is 13.2 Å². The van der Waals surface area contributed by atoms with Crippen molar-refractivity contribution >= 4 is 21.6 Å². The summed E-state index contributed by atoms with van der Waals surface area (Å²) in [6.45, 7) is 4.01. The van der Waals surface area contributed by atoms with Gasteiger partial charge in [-0.1, -0.05) is 29.8 Å². The van der Waals surface area contributed by atoms with Crippen molar-refractivity contribution in [2.24, 2.45) is 0 Å². The fourth-order valence-corrected chi connectivity index (χ4v) is 2.06. The lowest BCUT2D eigenvalue weighted by Crippen LogP contribution is -2.17. The first-order valence-corrected chi connectivity index (χ1v) is 6.30. The van der Waals surface area contributed by atoms with Gasteiger partial charge in [-0.15, -0.1) is 0 Å². The highest BCUT2D eigenvalue weighted by atomic mass is 79.9.